The van der Waals surface area contributed by atoms with Crippen LogP contribution >= 0.6 is 23.2 Å². The number of hydrogen-bond donors (Lipinski definition) is 2. The minimum Gasteiger partial charge on any atom is -0.324 e. The van der Waals surface area contributed by atoms with Gasteiger partial charge in [0, 0.05) is 27.8 Å². The number of rotatable bonds is 6. The van der Waals surface area contributed by atoms with Crippen molar-refractivity contribution in [2.75, 3.05) is 18.9 Å². The molecule has 0 spiro atoms. The molecule has 0 saturated carbocycles. The van der Waals surface area contributed by atoms with Gasteiger partial charge in [-0.3, -0.25) is 14.3 Å². The van der Waals surface area contributed by atoms with E-state index in [1.54, 1.807) is 42.3 Å². The molecule has 9 heteroatoms. The number of nitrogens with one attached hydrogen (secondary N) is 2. The van der Waals surface area contributed by atoms with Gasteiger partial charge in [-0.25, -0.2) is 0 Å². The second-order valence-electron chi connectivity index (χ2n) is 10.0. The largest absolute Gasteiger partial charge is 0.324 e. The quantitative estimate of drug-likeness (QED) is 0.460. The first-order valence-corrected chi connectivity index (χ1v) is 12.7. The number of carbonyl (C=O) groups excluding carboxylic acids is 2. The summed E-state index contributed by atoms with van der Waals surface area (Å²) in [4.78, 5) is 28.8. The molecule has 0 radical (unpaired) electrons. The molecule has 2 amide bonds. The topological polar surface area (TPSA) is 79.3 Å². The van der Waals surface area contributed by atoms with Gasteiger partial charge in [0.2, 0.25) is 11.8 Å². The SMILES string of the molecule is CNCC(=O)N1[C@H](C(=O)Nc2cccc(Cl)c2)C[C@@H](c2ccn(C(C)(C)C)n2)[C@@H]1c1cccc(Cl)c1. The fraction of sp³-hybridized carbons (Fsp3) is 0.370. The number of benzene rings is 2. The zero-order chi connectivity index (χ0) is 26.0. The van der Waals surface area contributed by atoms with E-state index in [4.69, 9.17) is 28.3 Å². The normalized spacial score (nSPS) is 19.9. The summed E-state index contributed by atoms with van der Waals surface area (Å²) in [7, 11) is 1.71. The summed E-state index contributed by atoms with van der Waals surface area (Å²) < 4.78 is 1.91. The molecule has 0 aliphatic carbocycles. The van der Waals surface area contributed by atoms with Gasteiger partial charge < -0.3 is 15.5 Å². The smallest absolute Gasteiger partial charge is 0.247 e. The van der Waals surface area contributed by atoms with Crippen molar-refractivity contribution in [1.29, 1.82) is 0 Å². The first-order valence-electron chi connectivity index (χ1n) is 11.9. The van der Waals surface area contributed by atoms with Gasteiger partial charge in [-0.2, -0.15) is 5.10 Å². The van der Waals surface area contributed by atoms with Crippen LogP contribution < -0.4 is 10.6 Å². The molecule has 2 N–H and O–H groups in total. The van der Waals surface area contributed by atoms with Crippen LogP contribution in [0.1, 0.15) is 50.4 Å². The average molecular weight is 528 g/mol. The minimum atomic E-state index is -0.710. The van der Waals surface area contributed by atoms with E-state index in [2.05, 4.69) is 31.4 Å². The Morgan fingerprint density at radius 3 is 2.36 bits per heavy atom. The lowest BCUT2D eigenvalue weighted by molar-refractivity contribution is -0.138. The molecule has 3 atom stereocenters. The van der Waals surface area contributed by atoms with Crippen molar-refractivity contribution in [2.45, 2.75) is 50.7 Å². The Morgan fingerprint density at radius 2 is 1.75 bits per heavy atom. The highest BCUT2D eigenvalue weighted by Gasteiger charge is 2.48. The van der Waals surface area contributed by atoms with Crippen LogP contribution in [0.2, 0.25) is 10.0 Å². The van der Waals surface area contributed by atoms with Crippen LogP contribution in [0.15, 0.2) is 60.8 Å². The van der Waals surface area contributed by atoms with Gasteiger partial charge >= 0.3 is 0 Å². The monoisotopic (exact) mass is 527 g/mol. The molecule has 1 aliphatic heterocycles. The number of hydrogen-bond acceptors (Lipinski definition) is 4. The number of likely N-dealkylation sites (N-methyl/N-ethyl adjacent to an activating group) is 1. The molecule has 1 fully saturated rings. The Bertz CT molecular complexity index is 1250. The summed E-state index contributed by atoms with van der Waals surface area (Å²) >= 11 is 12.5. The maximum atomic E-state index is 13.6. The van der Waals surface area contributed by atoms with Crippen molar-refractivity contribution in [3.8, 4) is 0 Å². The van der Waals surface area contributed by atoms with Gasteiger partial charge in [0.05, 0.1) is 23.8 Å². The van der Waals surface area contributed by atoms with Crippen molar-refractivity contribution < 1.29 is 9.59 Å². The van der Waals surface area contributed by atoms with E-state index in [1.165, 1.54) is 0 Å². The fourth-order valence-electron chi connectivity index (χ4n) is 4.74. The molecular weight excluding hydrogens is 497 g/mol. The molecule has 3 aromatic rings. The van der Waals surface area contributed by atoms with Gasteiger partial charge in [0.15, 0.2) is 0 Å². The Labute approximate surface area is 221 Å². The fourth-order valence-corrected chi connectivity index (χ4v) is 5.13. The van der Waals surface area contributed by atoms with Gasteiger partial charge in [-0.1, -0.05) is 41.4 Å². The Kier molecular flexibility index (Phi) is 7.73. The van der Waals surface area contributed by atoms with E-state index in [0.717, 1.165) is 11.3 Å². The third kappa shape index (κ3) is 5.59. The zero-order valence-corrected chi connectivity index (χ0v) is 22.3. The van der Waals surface area contributed by atoms with Crippen molar-refractivity contribution in [2.24, 2.45) is 0 Å². The second kappa shape index (κ2) is 10.6. The van der Waals surface area contributed by atoms with E-state index >= 15 is 0 Å². The van der Waals surface area contributed by atoms with Crippen LogP contribution in [-0.2, 0) is 15.1 Å². The number of anilines is 1. The lowest BCUT2D eigenvalue weighted by Gasteiger charge is -2.31. The number of nitrogens with zero attached hydrogens (tertiary/aromatic N) is 3. The molecular formula is C27H31Cl2N5O2. The molecule has 0 bridgehead atoms. The van der Waals surface area contributed by atoms with Crippen LogP contribution in [0.25, 0.3) is 0 Å². The molecule has 1 saturated heterocycles. The molecule has 4 rings (SSSR count). The molecule has 1 aliphatic rings. The van der Waals surface area contributed by atoms with Crippen LogP contribution in [0, 0.1) is 0 Å². The maximum absolute atomic E-state index is 13.6. The highest BCUT2D eigenvalue weighted by molar-refractivity contribution is 6.31. The van der Waals surface area contributed by atoms with Crippen LogP contribution in [0.3, 0.4) is 0 Å². The summed E-state index contributed by atoms with van der Waals surface area (Å²) in [6.45, 7) is 6.34. The predicted molar refractivity (Wildman–Crippen MR) is 143 cm³/mol. The van der Waals surface area contributed by atoms with Crippen molar-refractivity contribution in [3.63, 3.8) is 0 Å². The van der Waals surface area contributed by atoms with E-state index in [1.807, 2.05) is 35.1 Å². The molecule has 190 valence electrons. The van der Waals surface area contributed by atoms with Crippen LogP contribution in [0.5, 0.6) is 0 Å². The third-order valence-electron chi connectivity index (χ3n) is 6.37. The first-order chi connectivity index (χ1) is 17.1. The number of halogens is 2. The lowest BCUT2D eigenvalue weighted by Crippen LogP contribution is -2.47. The Hall–Kier alpha value is -2.87. The zero-order valence-electron chi connectivity index (χ0n) is 20.8. The number of aromatic nitrogens is 2. The van der Waals surface area contributed by atoms with Crippen molar-refractivity contribution in [3.05, 3.63) is 82.1 Å². The number of amides is 2. The number of likely N-dealkylation sites (tertiary alicyclic amines) is 1. The van der Waals surface area contributed by atoms with Crippen LogP contribution in [0.4, 0.5) is 5.69 Å². The van der Waals surface area contributed by atoms with E-state index < -0.39 is 12.1 Å². The van der Waals surface area contributed by atoms with Gasteiger partial charge in [-0.05, 0) is 76.2 Å². The van der Waals surface area contributed by atoms with E-state index in [9.17, 15) is 9.59 Å². The number of carbonyl (C=O) groups is 2. The molecule has 2 heterocycles. The highest BCUT2D eigenvalue weighted by Crippen LogP contribution is 2.47. The second-order valence-corrected chi connectivity index (χ2v) is 10.9. The van der Waals surface area contributed by atoms with E-state index in [0.29, 0.717) is 22.2 Å². The van der Waals surface area contributed by atoms with E-state index in [-0.39, 0.29) is 29.8 Å². The average Bonchev–Trinajstić information content (AvgIpc) is 3.45. The summed E-state index contributed by atoms with van der Waals surface area (Å²) in [5.41, 5.74) is 2.07. The summed E-state index contributed by atoms with van der Waals surface area (Å²) in [5.74, 6) is -0.652. The van der Waals surface area contributed by atoms with Crippen molar-refractivity contribution >= 4 is 40.7 Å². The van der Waals surface area contributed by atoms with Crippen LogP contribution in [-0.4, -0.2) is 46.1 Å². The standard InChI is InChI=1S/C27H31Cl2N5O2/c1-27(2,3)33-12-11-22(32-33)21-15-23(26(36)31-20-10-6-9-19(29)14-20)34(24(35)16-30-4)25(21)17-7-5-8-18(28)13-17/h5-14,21,23,25,30H,15-16H2,1-4H3,(H,31,36)/t21-,23-,25-/m0/s1. The minimum absolute atomic E-state index is 0.0984. The van der Waals surface area contributed by atoms with Gasteiger partial charge in [0.1, 0.15) is 6.04 Å². The first kappa shape index (κ1) is 26.2. The molecule has 7 nitrogen and oxygen atoms in total. The Balaban J connectivity index is 1.78. The molecule has 1 aromatic heterocycles. The highest BCUT2D eigenvalue weighted by atomic mass is 35.5. The predicted octanol–water partition coefficient (Wildman–Crippen LogP) is 5.23. The maximum Gasteiger partial charge on any atom is 0.247 e. The summed E-state index contributed by atoms with van der Waals surface area (Å²) in [6, 6.07) is 15.3. The van der Waals surface area contributed by atoms with Crippen molar-refractivity contribution in [1.82, 2.24) is 20.0 Å². The lowest BCUT2D eigenvalue weighted by atomic mass is 9.90. The molecule has 0 unspecified atom stereocenters. The summed E-state index contributed by atoms with van der Waals surface area (Å²) in [6.07, 6.45) is 2.36. The summed E-state index contributed by atoms with van der Waals surface area (Å²) in [5, 5.41) is 11.8. The van der Waals surface area contributed by atoms with Gasteiger partial charge in [0.25, 0.3) is 0 Å². The molecule has 2 aromatic carbocycles. The molecule has 36 heavy (non-hydrogen) atoms. The Morgan fingerprint density at radius 1 is 1.06 bits per heavy atom. The van der Waals surface area contributed by atoms with Gasteiger partial charge in [-0.15, -0.1) is 0 Å². The third-order valence-corrected chi connectivity index (χ3v) is 6.84.